The Hall–Kier alpha value is -0.180. The van der Waals surface area contributed by atoms with Crippen LogP contribution in [0.5, 0.6) is 0 Å². The first-order valence-corrected chi connectivity index (χ1v) is 8.24. The largest absolute Gasteiger partial charge is 0.365 e. The monoisotopic (exact) mass is 254 g/mol. The molecule has 1 aliphatic carbocycles. The number of aliphatic imine (C=N–C) groups is 1. The van der Waals surface area contributed by atoms with Gasteiger partial charge in [0.15, 0.2) is 5.17 Å². The molecule has 0 bridgehead atoms. The fourth-order valence-corrected chi connectivity index (χ4v) is 4.02. The average molecular weight is 254 g/mol. The molecule has 1 N–H and O–H groups in total. The molecule has 1 aliphatic heterocycles. The maximum absolute atomic E-state index is 4.77. The summed E-state index contributed by atoms with van der Waals surface area (Å²) in [5, 5.41) is 4.70. The van der Waals surface area contributed by atoms with E-state index < -0.39 is 0 Å². The number of unbranched alkanes of at least 4 members (excludes halogenated alkanes) is 2. The molecule has 3 heteroatoms. The Kier molecular flexibility index (Phi) is 5.20. The molecule has 0 aromatic rings. The highest BCUT2D eigenvalue weighted by Gasteiger charge is 2.34. The van der Waals surface area contributed by atoms with Gasteiger partial charge in [0.25, 0.3) is 0 Å². The highest BCUT2D eigenvalue weighted by atomic mass is 32.2. The summed E-state index contributed by atoms with van der Waals surface area (Å²) in [6, 6.07) is 0. The summed E-state index contributed by atoms with van der Waals surface area (Å²) in [4.78, 5) is 4.77. The topological polar surface area (TPSA) is 24.4 Å². The summed E-state index contributed by atoms with van der Waals surface area (Å²) in [6.07, 6.45) is 11.0. The Morgan fingerprint density at radius 2 is 2.06 bits per heavy atom. The van der Waals surface area contributed by atoms with E-state index in [2.05, 4.69) is 12.2 Å². The number of nitrogens with one attached hydrogen (secondary N) is 1. The minimum atomic E-state index is 0.567. The Bertz CT molecular complexity index is 257. The molecule has 0 atom stereocenters. The van der Waals surface area contributed by atoms with E-state index in [1.807, 2.05) is 11.8 Å². The first kappa shape index (κ1) is 13.3. The van der Waals surface area contributed by atoms with Crippen LogP contribution in [0.3, 0.4) is 0 Å². The van der Waals surface area contributed by atoms with Gasteiger partial charge < -0.3 is 5.32 Å². The molecule has 1 fully saturated rings. The van der Waals surface area contributed by atoms with Crippen LogP contribution >= 0.6 is 11.8 Å². The first-order valence-electron chi connectivity index (χ1n) is 7.26. The van der Waals surface area contributed by atoms with Crippen molar-refractivity contribution in [3.63, 3.8) is 0 Å². The van der Waals surface area contributed by atoms with Gasteiger partial charge in [-0.15, -0.1) is 0 Å². The Morgan fingerprint density at radius 3 is 2.71 bits per heavy atom. The van der Waals surface area contributed by atoms with E-state index in [4.69, 9.17) is 4.99 Å². The third-order valence-corrected chi connectivity index (χ3v) is 5.35. The number of rotatable bonds is 4. The maximum atomic E-state index is 4.77. The smallest absolute Gasteiger partial charge is 0.156 e. The number of hydrogen-bond donors (Lipinski definition) is 1. The number of hydrogen-bond acceptors (Lipinski definition) is 3. The number of thioether (sulfide) groups is 1. The van der Waals surface area contributed by atoms with E-state index in [-0.39, 0.29) is 0 Å². The van der Waals surface area contributed by atoms with Gasteiger partial charge in [0.05, 0.1) is 0 Å². The van der Waals surface area contributed by atoms with Gasteiger partial charge >= 0.3 is 0 Å². The minimum Gasteiger partial charge on any atom is -0.365 e. The molecule has 1 saturated carbocycles. The molecule has 2 nitrogen and oxygen atoms in total. The molecule has 0 amide bonds. The zero-order chi connectivity index (χ0) is 12.0. The summed E-state index contributed by atoms with van der Waals surface area (Å²) >= 11 is 1.97. The quantitative estimate of drug-likeness (QED) is 0.771. The van der Waals surface area contributed by atoms with Crippen molar-refractivity contribution in [2.45, 2.75) is 58.3 Å². The zero-order valence-corrected chi connectivity index (χ0v) is 12.0. The van der Waals surface area contributed by atoms with Crippen LogP contribution in [0.25, 0.3) is 0 Å². The Labute approximate surface area is 110 Å². The lowest BCUT2D eigenvalue weighted by molar-refractivity contribution is 0.232. The normalized spacial score (nSPS) is 23.5. The van der Waals surface area contributed by atoms with E-state index in [1.165, 1.54) is 62.3 Å². The third-order valence-electron chi connectivity index (χ3n) is 4.04. The molecule has 2 aliphatic rings. The third kappa shape index (κ3) is 3.90. The molecule has 0 saturated heterocycles. The summed E-state index contributed by atoms with van der Waals surface area (Å²) in [7, 11) is 0. The van der Waals surface area contributed by atoms with Crippen molar-refractivity contribution in [1.82, 2.24) is 5.32 Å². The van der Waals surface area contributed by atoms with Crippen LogP contribution in [0.1, 0.15) is 58.3 Å². The fraction of sp³-hybridized carbons (Fsp3) is 0.929. The molecule has 17 heavy (non-hydrogen) atoms. The lowest BCUT2D eigenvalue weighted by Gasteiger charge is -2.38. The lowest BCUT2D eigenvalue weighted by Crippen LogP contribution is -2.37. The predicted molar refractivity (Wildman–Crippen MR) is 77.8 cm³/mol. The van der Waals surface area contributed by atoms with Crippen LogP contribution in [0.2, 0.25) is 0 Å². The van der Waals surface area contributed by atoms with Crippen molar-refractivity contribution in [2.24, 2.45) is 10.4 Å². The van der Waals surface area contributed by atoms with Crippen molar-refractivity contribution in [2.75, 3.05) is 18.8 Å². The second kappa shape index (κ2) is 6.67. The Morgan fingerprint density at radius 1 is 1.24 bits per heavy atom. The SMILES string of the molecule is CCCCCNC1=NCC2(CCCCC2)CS1. The molecule has 0 radical (unpaired) electrons. The van der Waals surface area contributed by atoms with Crippen LogP contribution in [-0.4, -0.2) is 24.0 Å². The van der Waals surface area contributed by atoms with Gasteiger partial charge in [-0.05, 0) is 24.7 Å². The zero-order valence-electron chi connectivity index (χ0n) is 11.1. The average Bonchev–Trinajstić information content (AvgIpc) is 2.38. The molecular weight excluding hydrogens is 228 g/mol. The summed E-state index contributed by atoms with van der Waals surface area (Å²) in [6.45, 7) is 4.43. The van der Waals surface area contributed by atoms with E-state index in [0.29, 0.717) is 5.41 Å². The maximum Gasteiger partial charge on any atom is 0.156 e. The molecule has 98 valence electrons. The second-order valence-electron chi connectivity index (χ2n) is 5.60. The van der Waals surface area contributed by atoms with E-state index >= 15 is 0 Å². The van der Waals surface area contributed by atoms with Crippen molar-refractivity contribution < 1.29 is 0 Å². The molecule has 2 rings (SSSR count). The number of amidine groups is 1. The van der Waals surface area contributed by atoms with Crippen molar-refractivity contribution >= 4 is 16.9 Å². The van der Waals surface area contributed by atoms with Crippen LogP contribution < -0.4 is 5.32 Å². The van der Waals surface area contributed by atoms with Gasteiger partial charge in [0, 0.05) is 18.8 Å². The fourth-order valence-electron chi connectivity index (χ4n) is 2.83. The molecule has 0 aromatic heterocycles. The summed E-state index contributed by atoms with van der Waals surface area (Å²) < 4.78 is 0. The van der Waals surface area contributed by atoms with Crippen LogP contribution in [0.4, 0.5) is 0 Å². The highest BCUT2D eigenvalue weighted by Crippen LogP contribution is 2.41. The van der Waals surface area contributed by atoms with Crippen LogP contribution in [0.15, 0.2) is 4.99 Å². The van der Waals surface area contributed by atoms with Crippen molar-refractivity contribution in [3.05, 3.63) is 0 Å². The van der Waals surface area contributed by atoms with Crippen molar-refractivity contribution in [3.8, 4) is 0 Å². The molecule has 1 spiro atoms. The standard InChI is InChI=1S/C14H26N2S/c1-2-3-7-10-15-13-16-11-14(12-17-13)8-5-4-6-9-14/h2-12H2,1H3,(H,15,16). The van der Waals surface area contributed by atoms with Gasteiger partial charge in [-0.2, -0.15) is 0 Å². The molecule has 0 unspecified atom stereocenters. The van der Waals surface area contributed by atoms with E-state index in [0.717, 1.165) is 13.1 Å². The second-order valence-corrected chi connectivity index (χ2v) is 6.57. The molecule has 1 heterocycles. The number of nitrogens with zero attached hydrogens (tertiary/aromatic N) is 1. The molecular formula is C14H26N2S. The predicted octanol–water partition coefficient (Wildman–Crippen LogP) is 3.82. The molecule has 0 aromatic carbocycles. The summed E-state index contributed by atoms with van der Waals surface area (Å²) in [5.74, 6) is 1.30. The van der Waals surface area contributed by atoms with Gasteiger partial charge in [-0.1, -0.05) is 50.8 Å². The van der Waals surface area contributed by atoms with Gasteiger partial charge in [-0.25, -0.2) is 0 Å². The van der Waals surface area contributed by atoms with Gasteiger partial charge in [0.1, 0.15) is 0 Å². The Balaban J connectivity index is 1.72. The van der Waals surface area contributed by atoms with Crippen LogP contribution in [-0.2, 0) is 0 Å². The van der Waals surface area contributed by atoms with Crippen LogP contribution in [0, 0.1) is 5.41 Å². The minimum absolute atomic E-state index is 0.567. The lowest BCUT2D eigenvalue weighted by atomic mass is 9.75. The van der Waals surface area contributed by atoms with E-state index in [1.54, 1.807) is 0 Å². The van der Waals surface area contributed by atoms with Gasteiger partial charge in [0.2, 0.25) is 0 Å². The highest BCUT2D eigenvalue weighted by molar-refractivity contribution is 8.13. The van der Waals surface area contributed by atoms with Gasteiger partial charge in [-0.3, -0.25) is 4.99 Å². The van der Waals surface area contributed by atoms with Crippen molar-refractivity contribution in [1.29, 1.82) is 0 Å². The van der Waals surface area contributed by atoms with E-state index in [9.17, 15) is 0 Å². The summed E-state index contributed by atoms with van der Waals surface area (Å²) in [5.41, 5.74) is 0.567. The first-order chi connectivity index (χ1) is 8.35.